The number of oxime groups is 1. The van der Waals surface area contributed by atoms with E-state index in [1.807, 2.05) is 0 Å². The van der Waals surface area contributed by atoms with Gasteiger partial charge < -0.3 is 19.1 Å². The number of hydrogen-bond acceptors (Lipinski definition) is 7. The lowest BCUT2D eigenvalue weighted by Gasteiger charge is -1.98. The lowest BCUT2D eigenvalue weighted by atomic mass is 10.1. The molecular weight excluding hydrogens is 254 g/mol. The standard InChI is InChI=1S/C12H13NO6/c1-17-11(14)4-3-9-8(5-12(15)18-2)7-19-10(9)6-13-16/h3-4,6-7,16H,5H2,1-2H3/b4-3+,13-6?. The van der Waals surface area contributed by atoms with Crippen LogP contribution in [0.4, 0.5) is 0 Å². The second kappa shape index (κ2) is 7.00. The van der Waals surface area contributed by atoms with Crippen molar-refractivity contribution in [2.75, 3.05) is 14.2 Å². The lowest BCUT2D eigenvalue weighted by molar-refractivity contribution is -0.139. The van der Waals surface area contributed by atoms with E-state index in [1.165, 1.54) is 32.6 Å². The van der Waals surface area contributed by atoms with E-state index in [1.54, 1.807) is 0 Å². The molecule has 0 aromatic carbocycles. The molecule has 1 aromatic rings. The molecule has 7 nitrogen and oxygen atoms in total. The molecule has 7 heteroatoms. The molecule has 1 aromatic heterocycles. The Bertz CT molecular complexity index is 514. The first-order chi connectivity index (χ1) is 9.12. The Balaban J connectivity index is 3.07. The number of hydrogen-bond donors (Lipinski definition) is 1. The maximum absolute atomic E-state index is 11.2. The Labute approximate surface area is 109 Å². The zero-order chi connectivity index (χ0) is 14.3. The van der Waals surface area contributed by atoms with Crippen molar-refractivity contribution >= 4 is 24.2 Å². The first-order valence-electron chi connectivity index (χ1n) is 5.23. The van der Waals surface area contributed by atoms with Crippen molar-refractivity contribution in [2.24, 2.45) is 5.16 Å². The van der Waals surface area contributed by atoms with Crippen molar-refractivity contribution in [1.82, 2.24) is 0 Å². The number of esters is 2. The van der Waals surface area contributed by atoms with Gasteiger partial charge >= 0.3 is 11.9 Å². The number of rotatable bonds is 5. The Kier molecular flexibility index (Phi) is 5.34. The van der Waals surface area contributed by atoms with Gasteiger partial charge in [-0.05, 0) is 6.08 Å². The highest BCUT2D eigenvalue weighted by molar-refractivity contribution is 5.91. The smallest absolute Gasteiger partial charge is 0.330 e. The van der Waals surface area contributed by atoms with Crippen molar-refractivity contribution < 1.29 is 28.7 Å². The summed E-state index contributed by atoms with van der Waals surface area (Å²) in [4.78, 5) is 22.3. The largest absolute Gasteiger partial charge is 0.469 e. The summed E-state index contributed by atoms with van der Waals surface area (Å²) >= 11 is 0. The van der Waals surface area contributed by atoms with Crippen molar-refractivity contribution in [3.63, 3.8) is 0 Å². The molecule has 0 aliphatic rings. The molecule has 0 saturated carbocycles. The molecule has 0 fully saturated rings. The zero-order valence-corrected chi connectivity index (χ0v) is 10.5. The van der Waals surface area contributed by atoms with Gasteiger partial charge in [-0.1, -0.05) is 5.16 Å². The molecule has 102 valence electrons. The second-order valence-corrected chi connectivity index (χ2v) is 3.39. The topological polar surface area (TPSA) is 98.3 Å². The molecule has 1 N–H and O–H groups in total. The van der Waals surface area contributed by atoms with Crippen LogP contribution in [0.2, 0.25) is 0 Å². The Hall–Kier alpha value is -2.57. The summed E-state index contributed by atoms with van der Waals surface area (Å²) in [5, 5.41) is 11.3. The van der Waals surface area contributed by atoms with E-state index in [0.29, 0.717) is 11.1 Å². The molecule has 19 heavy (non-hydrogen) atoms. The average Bonchev–Trinajstić information content (AvgIpc) is 2.78. The Morgan fingerprint density at radius 2 is 2.16 bits per heavy atom. The zero-order valence-electron chi connectivity index (χ0n) is 10.5. The van der Waals surface area contributed by atoms with Gasteiger partial charge in [0.15, 0.2) is 5.76 Å². The number of methoxy groups -OCH3 is 2. The van der Waals surface area contributed by atoms with Crippen molar-refractivity contribution in [2.45, 2.75) is 6.42 Å². The van der Waals surface area contributed by atoms with E-state index in [9.17, 15) is 9.59 Å². The summed E-state index contributed by atoms with van der Waals surface area (Å²) in [5.41, 5.74) is 0.940. The van der Waals surface area contributed by atoms with E-state index in [-0.39, 0.29) is 12.2 Å². The molecule has 1 heterocycles. The van der Waals surface area contributed by atoms with Gasteiger partial charge in [0.1, 0.15) is 6.21 Å². The number of carbonyl (C=O) groups is 2. The fourth-order valence-electron chi connectivity index (χ4n) is 1.35. The Morgan fingerprint density at radius 1 is 1.42 bits per heavy atom. The van der Waals surface area contributed by atoms with Gasteiger partial charge in [0, 0.05) is 17.2 Å². The van der Waals surface area contributed by atoms with Crippen LogP contribution in [0.15, 0.2) is 21.9 Å². The monoisotopic (exact) mass is 267 g/mol. The maximum Gasteiger partial charge on any atom is 0.330 e. The van der Waals surface area contributed by atoms with Gasteiger partial charge in [-0.15, -0.1) is 0 Å². The van der Waals surface area contributed by atoms with Crippen LogP contribution in [-0.2, 0) is 25.5 Å². The summed E-state index contributed by atoms with van der Waals surface area (Å²) in [7, 11) is 2.51. The predicted molar refractivity (Wildman–Crippen MR) is 64.9 cm³/mol. The third kappa shape index (κ3) is 3.98. The highest BCUT2D eigenvalue weighted by Gasteiger charge is 2.14. The third-order valence-corrected chi connectivity index (χ3v) is 2.26. The van der Waals surface area contributed by atoms with E-state index in [0.717, 1.165) is 6.21 Å². The van der Waals surface area contributed by atoms with Gasteiger partial charge in [0.2, 0.25) is 0 Å². The minimum absolute atomic E-state index is 0.0277. The molecule has 0 saturated heterocycles. The van der Waals surface area contributed by atoms with E-state index in [2.05, 4.69) is 14.6 Å². The second-order valence-electron chi connectivity index (χ2n) is 3.39. The molecular formula is C12H13NO6. The SMILES string of the molecule is COC(=O)/C=C/c1c(CC(=O)OC)coc1C=NO. The van der Waals surface area contributed by atoms with Crippen LogP contribution >= 0.6 is 0 Å². The van der Waals surface area contributed by atoms with Gasteiger partial charge in [-0.2, -0.15) is 0 Å². The fourth-order valence-corrected chi connectivity index (χ4v) is 1.35. The van der Waals surface area contributed by atoms with Crippen LogP contribution in [0, 0.1) is 0 Å². The normalized spacial score (nSPS) is 11.1. The van der Waals surface area contributed by atoms with Gasteiger partial charge in [0.25, 0.3) is 0 Å². The molecule has 0 bridgehead atoms. The van der Waals surface area contributed by atoms with Gasteiger partial charge in [-0.3, -0.25) is 4.79 Å². The first-order valence-corrected chi connectivity index (χ1v) is 5.23. The minimum atomic E-state index is -0.558. The van der Waals surface area contributed by atoms with E-state index >= 15 is 0 Å². The van der Waals surface area contributed by atoms with Crippen LogP contribution in [0.3, 0.4) is 0 Å². The van der Waals surface area contributed by atoms with Crippen LogP contribution in [0.1, 0.15) is 16.9 Å². The third-order valence-electron chi connectivity index (χ3n) is 2.26. The quantitative estimate of drug-likeness (QED) is 0.281. The van der Waals surface area contributed by atoms with E-state index in [4.69, 9.17) is 9.62 Å². The van der Waals surface area contributed by atoms with Crippen LogP contribution in [0.5, 0.6) is 0 Å². The highest BCUT2D eigenvalue weighted by atomic mass is 16.5. The highest BCUT2D eigenvalue weighted by Crippen LogP contribution is 2.19. The summed E-state index contributed by atoms with van der Waals surface area (Å²) in [6, 6.07) is 0. The molecule has 0 aliphatic carbocycles. The minimum Gasteiger partial charge on any atom is -0.469 e. The molecule has 0 amide bonds. The van der Waals surface area contributed by atoms with Crippen molar-refractivity contribution in [3.8, 4) is 0 Å². The molecule has 0 atom stereocenters. The fraction of sp³-hybridized carbons (Fsp3) is 0.250. The number of ether oxygens (including phenoxy) is 2. The van der Waals surface area contributed by atoms with Crippen LogP contribution in [0.25, 0.3) is 6.08 Å². The maximum atomic E-state index is 11.2. The van der Waals surface area contributed by atoms with Crippen LogP contribution in [-0.4, -0.2) is 37.6 Å². The van der Waals surface area contributed by atoms with Gasteiger partial charge in [-0.25, -0.2) is 4.79 Å². The summed E-state index contributed by atoms with van der Waals surface area (Å²) in [6.07, 6.45) is 4.92. The molecule has 0 unspecified atom stereocenters. The van der Waals surface area contributed by atoms with Gasteiger partial charge in [0.05, 0.1) is 26.9 Å². The summed E-state index contributed by atoms with van der Waals surface area (Å²) in [6.45, 7) is 0. The molecule has 0 aliphatic heterocycles. The van der Waals surface area contributed by atoms with Crippen LogP contribution < -0.4 is 0 Å². The summed E-state index contributed by atoms with van der Waals surface area (Å²) in [5.74, 6) is -0.806. The summed E-state index contributed by atoms with van der Waals surface area (Å²) < 4.78 is 14.1. The predicted octanol–water partition coefficient (Wildman–Crippen LogP) is 0.989. The average molecular weight is 267 g/mol. The number of furan rings is 1. The van der Waals surface area contributed by atoms with Crippen molar-refractivity contribution in [3.05, 3.63) is 29.2 Å². The first kappa shape index (κ1) is 14.5. The molecule has 0 spiro atoms. The number of carbonyl (C=O) groups excluding carboxylic acids is 2. The number of nitrogens with zero attached hydrogens (tertiary/aromatic N) is 1. The molecule has 1 rings (SSSR count). The van der Waals surface area contributed by atoms with E-state index < -0.39 is 11.9 Å². The van der Waals surface area contributed by atoms with Crippen molar-refractivity contribution in [1.29, 1.82) is 0 Å². The Morgan fingerprint density at radius 3 is 2.74 bits per heavy atom. The molecule has 0 radical (unpaired) electrons. The lowest BCUT2D eigenvalue weighted by Crippen LogP contribution is -2.05.